The third-order valence-corrected chi connectivity index (χ3v) is 3.52. The Hall–Kier alpha value is -2.87. The first-order valence-corrected chi connectivity index (χ1v) is 8.37. The summed E-state index contributed by atoms with van der Waals surface area (Å²) in [7, 11) is 1.38. The van der Waals surface area contributed by atoms with E-state index in [1.165, 1.54) is 38.4 Å². The molecule has 3 heterocycles. The molecule has 0 saturated heterocycles. The van der Waals surface area contributed by atoms with Gasteiger partial charge in [0, 0.05) is 24.0 Å². The summed E-state index contributed by atoms with van der Waals surface area (Å²) in [6.07, 6.45) is 2.76. The lowest BCUT2D eigenvalue weighted by Gasteiger charge is -2.10. The summed E-state index contributed by atoms with van der Waals surface area (Å²) in [6, 6.07) is 6.27. The van der Waals surface area contributed by atoms with Gasteiger partial charge in [-0.2, -0.15) is 24.1 Å². The third kappa shape index (κ3) is 5.30. The van der Waals surface area contributed by atoms with E-state index < -0.39 is 12.3 Å². The van der Waals surface area contributed by atoms with Crippen LogP contribution in [0.4, 0.5) is 8.78 Å². The first-order chi connectivity index (χ1) is 12.8. The lowest BCUT2D eigenvalue weighted by atomic mass is 10.2. The molecule has 0 aliphatic carbocycles. The van der Waals surface area contributed by atoms with E-state index in [0.717, 1.165) is 5.69 Å². The summed E-state index contributed by atoms with van der Waals surface area (Å²) in [4.78, 5) is 19.8. The van der Waals surface area contributed by atoms with Gasteiger partial charge in [0.1, 0.15) is 0 Å². The average Bonchev–Trinajstić information content (AvgIpc) is 2.63. The fourth-order valence-electron chi connectivity index (χ4n) is 2.06. The van der Waals surface area contributed by atoms with Crippen molar-refractivity contribution in [2.45, 2.75) is 19.1 Å². The number of nitrogens with zero attached hydrogens (tertiary/aromatic N) is 6. The Morgan fingerprint density at radius 2 is 1.89 bits per heavy atom. The standard InChI is InChI=1S/C16H15F2N6O2P/c1-10-2-3-12(22-21-10)8-24-14(25)5-4-13(23-24)11-6-19-15(20-7-11)26-9-16(17,18)27/h2-7H,8-9,27H2,1H3. The van der Waals surface area contributed by atoms with Gasteiger partial charge in [0.2, 0.25) is 0 Å². The van der Waals surface area contributed by atoms with Gasteiger partial charge in [-0.05, 0) is 25.1 Å². The van der Waals surface area contributed by atoms with Crippen molar-refractivity contribution < 1.29 is 13.5 Å². The van der Waals surface area contributed by atoms with E-state index in [-0.39, 0.29) is 18.1 Å². The fraction of sp³-hybridized carbons (Fsp3) is 0.250. The second kappa shape index (κ2) is 7.79. The zero-order valence-corrected chi connectivity index (χ0v) is 15.4. The summed E-state index contributed by atoms with van der Waals surface area (Å²) in [5.74, 6) is 0. The van der Waals surface area contributed by atoms with E-state index in [1.54, 1.807) is 12.1 Å². The van der Waals surface area contributed by atoms with Crippen LogP contribution in [0.1, 0.15) is 11.4 Å². The molecule has 3 rings (SSSR count). The largest absolute Gasteiger partial charge is 0.457 e. The maximum absolute atomic E-state index is 12.8. The Kier molecular flexibility index (Phi) is 5.46. The Morgan fingerprint density at radius 1 is 1.15 bits per heavy atom. The number of aromatic nitrogens is 6. The normalized spacial score (nSPS) is 11.4. The molecule has 0 bridgehead atoms. The van der Waals surface area contributed by atoms with Crippen molar-refractivity contribution >= 4 is 9.24 Å². The number of hydrogen-bond donors (Lipinski definition) is 0. The van der Waals surface area contributed by atoms with Crippen LogP contribution in [0.25, 0.3) is 11.3 Å². The minimum Gasteiger partial charge on any atom is -0.457 e. The molecule has 3 aromatic rings. The van der Waals surface area contributed by atoms with Gasteiger partial charge in [0.25, 0.3) is 11.2 Å². The molecule has 8 nitrogen and oxygen atoms in total. The first-order valence-electron chi connectivity index (χ1n) is 7.79. The average molecular weight is 392 g/mol. The summed E-state index contributed by atoms with van der Waals surface area (Å²) in [5, 5.41) is 12.2. The highest BCUT2D eigenvalue weighted by atomic mass is 31.0. The van der Waals surface area contributed by atoms with Crippen LogP contribution >= 0.6 is 9.24 Å². The molecule has 0 aliphatic heterocycles. The quantitative estimate of drug-likeness (QED) is 0.589. The van der Waals surface area contributed by atoms with Crippen LogP contribution in [-0.2, 0) is 6.54 Å². The highest BCUT2D eigenvalue weighted by molar-refractivity contribution is 7.18. The minimum atomic E-state index is -3.06. The highest BCUT2D eigenvalue weighted by Gasteiger charge is 2.22. The van der Waals surface area contributed by atoms with E-state index >= 15 is 0 Å². The number of hydrogen-bond acceptors (Lipinski definition) is 7. The molecule has 0 spiro atoms. The number of rotatable bonds is 6. The molecule has 0 N–H and O–H groups in total. The number of alkyl halides is 2. The van der Waals surface area contributed by atoms with Crippen molar-refractivity contribution in [3.63, 3.8) is 0 Å². The van der Waals surface area contributed by atoms with Gasteiger partial charge in [-0.25, -0.2) is 14.6 Å². The van der Waals surface area contributed by atoms with Crippen LogP contribution in [0.15, 0.2) is 41.5 Å². The van der Waals surface area contributed by atoms with E-state index in [1.807, 2.05) is 6.92 Å². The molecular formula is C16H15F2N6O2P. The third-order valence-electron chi connectivity index (χ3n) is 3.35. The van der Waals surface area contributed by atoms with Crippen molar-refractivity contribution in [3.8, 4) is 17.3 Å². The second-order valence-electron chi connectivity index (χ2n) is 5.68. The van der Waals surface area contributed by atoms with Gasteiger partial charge < -0.3 is 4.74 Å². The smallest absolute Gasteiger partial charge is 0.316 e. The van der Waals surface area contributed by atoms with Gasteiger partial charge in [0.15, 0.2) is 6.61 Å². The zero-order valence-electron chi connectivity index (χ0n) is 14.2. The van der Waals surface area contributed by atoms with Crippen molar-refractivity contribution in [1.29, 1.82) is 0 Å². The molecule has 140 valence electrons. The van der Waals surface area contributed by atoms with Gasteiger partial charge in [0.05, 0.1) is 23.6 Å². The molecule has 11 heteroatoms. The second-order valence-corrected chi connectivity index (χ2v) is 6.53. The summed E-state index contributed by atoms with van der Waals surface area (Å²) >= 11 is 0. The van der Waals surface area contributed by atoms with Gasteiger partial charge in [-0.1, -0.05) is 9.24 Å². The Bertz CT molecular complexity index is 974. The molecule has 3 aromatic heterocycles. The van der Waals surface area contributed by atoms with E-state index in [9.17, 15) is 13.6 Å². The predicted octanol–water partition coefficient (Wildman–Crippen LogP) is 1.69. The molecule has 0 radical (unpaired) electrons. The van der Waals surface area contributed by atoms with Crippen LogP contribution < -0.4 is 10.3 Å². The highest BCUT2D eigenvalue weighted by Crippen LogP contribution is 2.22. The van der Waals surface area contributed by atoms with Crippen molar-refractivity contribution in [2.24, 2.45) is 0 Å². The summed E-state index contributed by atoms with van der Waals surface area (Å²) in [5.41, 5.74) is -1.05. The summed E-state index contributed by atoms with van der Waals surface area (Å²) < 4.78 is 31.6. The lowest BCUT2D eigenvalue weighted by molar-refractivity contribution is 0.0422. The molecule has 0 fully saturated rings. The molecule has 1 unspecified atom stereocenters. The van der Waals surface area contributed by atoms with Gasteiger partial charge >= 0.3 is 6.01 Å². The summed E-state index contributed by atoms with van der Waals surface area (Å²) in [6.45, 7) is 1.12. The van der Waals surface area contributed by atoms with Crippen molar-refractivity contribution in [2.75, 3.05) is 6.61 Å². The molecule has 0 aliphatic rings. The molecule has 0 amide bonds. The Labute approximate surface area is 154 Å². The van der Waals surface area contributed by atoms with Gasteiger partial charge in [-0.3, -0.25) is 4.79 Å². The minimum absolute atomic E-state index is 0.158. The van der Waals surface area contributed by atoms with Crippen LogP contribution in [0.2, 0.25) is 0 Å². The van der Waals surface area contributed by atoms with Crippen LogP contribution in [0.5, 0.6) is 6.01 Å². The number of halogens is 2. The van der Waals surface area contributed by atoms with Gasteiger partial charge in [-0.15, -0.1) is 0 Å². The number of ether oxygens (including phenoxy) is 1. The SMILES string of the molecule is Cc1ccc(Cn2nc(-c3cnc(OCC(F)(F)P)nc3)ccc2=O)nn1. The van der Waals surface area contributed by atoms with Crippen LogP contribution in [0, 0.1) is 6.92 Å². The van der Waals surface area contributed by atoms with E-state index in [0.29, 0.717) is 17.0 Å². The predicted molar refractivity (Wildman–Crippen MR) is 95.5 cm³/mol. The van der Waals surface area contributed by atoms with Crippen LogP contribution in [0.3, 0.4) is 0 Å². The maximum Gasteiger partial charge on any atom is 0.316 e. The van der Waals surface area contributed by atoms with E-state index in [4.69, 9.17) is 4.74 Å². The topological polar surface area (TPSA) is 95.7 Å². The molecule has 0 saturated carbocycles. The number of aryl methyl sites for hydroxylation is 1. The fourth-order valence-corrected chi connectivity index (χ4v) is 2.15. The maximum atomic E-state index is 12.8. The van der Waals surface area contributed by atoms with Crippen molar-refractivity contribution in [3.05, 3.63) is 58.4 Å². The lowest BCUT2D eigenvalue weighted by Crippen LogP contribution is -2.23. The van der Waals surface area contributed by atoms with E-state index in [2.05, 4.69) is 25.3 Å². The van der Waals surface area contributed by atoms with Crippen molar-refractivity contribution in [1.82, 2.24) is 29.9 Å². The van der Waals surface area contributed by atoms with Crippen LogP contribution in [-0.4, -0.2) is 42.2 Å². The first kappa shape index (κ1) is 18.9. The molecule has 1 atom stereocenters. The zero-order chi connectivity index (χ0) is 19.4. The molecular weight excluding hydrogens is 377 g/mol. The molecule has 27 heavy (non-hydrogen) atoms. The monoisotopic (exact) mass is 392 g/mol. The Morgan fingerprint density at radius 3 is 2.52 bits per heavy atom. The molecule has 0 aromatic carbocycles. The Balaban J connectivity index is 1.79.